The highest BCUT2D eigenvalue weighted by atomic mass is 32.2. The van der Waals surface area contributed by atoms with Gasteiger partial charge < -0.3 is 10.0 Å². The molecule has 2 atom stereocenters. The molecule has 362 valence electrons. The summed E-state index contributed by atoms with van der Waals surface area (Å²) in [6, 6.07) is 13.3. The lowest BCUT2D eigenvalue weighted by Gasteiger charge is -2.30. The van der Waals surface area contributed by atoms with Crippen LogP contribution in [-0.4, -0.2) is 78.8 Å². The number of carbonyl (C=O) groups is 1. The Balaban J connectivity index is 0.00000235. The van der Waals surface area contributed by atoms with Crippen LogP contribution in [0.2, 0.25) is 0 Å². The zero-order valence-corrected chi connectivity index (χ0v) is 41.1. The summed E-state index contributed by atoms with van der Waals surface area (Å²) >= 11 is 0. The number of carboxylic acid groups (broad SMARTS) is 1. The minimum absolute atomic E-state index is 0.0702. The van der Waals surface area contributed by atoms with E-state index in [2.05, 4.69) is 96.2 Å². The van der Waals surface area contributed by atoms with Crippen LogP contribution in [0.15, 0.2) is 144 Å². The number of unbranched alkanes of at least 4 members (excludes halogenated alkanes) is 5. The third kappa shape index (κ3) is 16.2. The van der Waals surface area contributed by atoms with Crippen LogP contribution in [0.3, 0.4) is 0 Å². The number of allylic oxidation sites excluding steroid dienone is 16. The van der Waals surface area contributed by atoms with Crippen LogP contribution in [0.5, 0.6) is 0 Å². The van der Waals surface area contributed by atoms with Gasteiger partial charge in [0.15, 0.2) is 5.71 Å². The fraction of sp³-hybridized carbons (Fsp3) is 0.412. The van der Waals surface area contributed by atoms with E-state index in [0.717, 1.165) is 50.0 Å². The van der Waals surface area contributed by atoms with Gasteiger partial charge in [0.05, 0.1) is 16.1 Å². The fourth-order valence-electron chi connectivity index (χ4n) is 9.13. The maximum absolute atomic E-state index is 12.3. The molecule has 2 heterocycles. The highest BCUT2D eigenvalue weighted by Crippen LogP contribution is 2.51. The number of hydrogen-bond acceptors (Lipinski definition) is 9. The van der Waals surface area contributed by atoms with Gasteiger partial charge in [0.25, 0.3) is 20.2 Å². The first-order valence-corrected chi connectivity index (χ1v) is 26.9. The number of fused-ring (bicyclic) bond motifs is 2. The fourth-order valence-corrected chi connectivity index (χ4v) is 10.2. The van der Waals surface area contributed by atoms with Crippen molar-refractivity contribution < 1.29 is 53.0 Å². The zero-order chi connectivity index (χ0) is 49.1. The predicted octanol–water partition coefficient (Wildman–Crippen LogP) is 10.3. The molecule has 0 fully saturated rings. The number of carboxylic acids is 1. The summed E-state index contributed by atoms with van der Waals surface area (Å²) in [6.45, 7) is 8.02. The van der Waals surface area contributed by atoms with Gasteiger partial charge in [-0.25, -0.2) is 0 Å². The molecule has 1 aliphatic carbocycles. The van der Waals surface area contributed by atoms with Crippen LogP contribution in [-0.2, 0) is 46.5 Å². The Labute approximate surface area is 398 Å². The topological polar surface area (TPSA) is 203 Å². The molecule has 2 aromatic carbocycles. The molecule has 0 saturated heterocycles. The normalized spacial score (nSPS) is 20.8. The third-order valence-corrected chi connectivity index (χ3v) is 14.1. The number of aliphatic carboxylic acids is 1. The van der Waals surface area contributed by atoms with Crippen molar-refractivity contribution >= 4 is 53.9 Å². The van der Waals surface area contributed by atoms with Crippen molar-refractivity contribution in [3.63, 3.8) is 0 Å². The van der Waals surface area contributed by atoms with Gasteiger partial charge in [0.2, 0.25) is 5.69 Å². The third-order valence-electron chi connectivity index (χ3n) is 12.4. The summed E-state index contributed by atoms with van der Waals surface area (Å²) in [5.74, 6) is -1.24. The maximum atomic E-state index is 12.3. The summed E-state index contributed by atoms with van der Waals surface area (Å²) in [5, 5.41) is 9.17. The van der Waals surface area contributed by atoms with E-state index in [9.17, 15) is 30.7 Å². The van der Waals surface area contributed by atoms with Gasteiger partial charge >= 0.3 is 16.6 Å². The summed E-state index contributed by atoms with van der Waals surface area (Å²) in [7, 11) is -11.8. The van der Waals surface area contributed by atoms with Gasteiger partial charge in [0.1, 0.15) is 6.54 Å². The number of para-hydroxylation sites is 1. The van der Waals surface area contributed by atoms with Crippen molar-refractivity contribution in [1.29, 1.82) is 0 Å². The van der Waals surface area contributed by atoms with E-state index in [1.807, 2.05) is 43.4 Å². The van der Waals surface area contributed by atoms with Gasteiger partial charge in [-0.3, -0.25) is 13.9 Å². The van der Waals surface area contributed by atoms with Crippen molar-refractivity contribution in [3.8, 4) is 0 Å². The Hall–Kier alpha value is -5.26. The molecule has 0 radical (unpaired) electrons. The lowest BCUT2D eigenvalue weighted by Crippen LogP contribution is -2.31. The molecule has 0 bridgehead atoms. The van der Waals surface area contributed by atoms with Crippen LogP contribution in [0.4, 0.5) is 11.4 Å². The molecule has 0 saturated carbocycles. The lowest BCUT2D eigenvalue weighted by atomic mass is 9.75. The second kappa shape index (κ2) is 25.8. The SMILES string of the molecule is CCCCCC1(C)C(/C=C/C=C/C=C/C=C2/N(CCCCCC(=O)O)c3ccc(S(=O)(=O)O)cc3C2(C)CCCCS(=O)(=O)O)=[N+](CCCC2=C/C=C\C=C/C=C2)c2ccccc21.O=S(=O)=O. The monoisotopic (exact) mass is 977 g/mol. The van der Waals surface area contributed by atoms with E-state index in [-0.39, 0.29) is 23.2 Å². The van der Waals surface area contributed by atoms with E-state index >= 15 is 0 Å². The Morgan fingerprint density at radius 1 is 0.761 bits per heavy atom. The standard InChI is InChI=1S/C51H64N2O8S2.O3S/c1-4-5-20-35-50(2)43-28-18-19-29-45(43)53(38-24-27-41-25-13-8-6-9-14-26-41)47(50)30-15-10-7-11-16-31-48-51(3,36-21-23-39-62(56,57)58)44-40-42(63(59,60)61)33-34-46(44)52(48)37-22-12-17-32-49(54)55;1-4(2)3/h6-11,13-16,18-19,25-26,28-31,33-34,40H,4-5,12,17,20-24,27,32,35-39H2,1-3H3,(H2-,54,55,56,57,58,59,60,61);/p+1/b8-6-,9-6?,13-8?,14-9-,25-13?,26-14?,41-25?,41-26?;. The number of hydrogen-bond donors (Lipinski definition) is 3. The second-order valence-corrected chi connectivity index (χ2v) is 20.7. The van der Waals surface area contributed by atoms with Crippen molar-refractivity contribution in [2.75, 3.05) is 23.7 Å². The highest BCUT2D eigenvalue weighted by Gasteiger charge is 2.47. The lowest BCUT2D eigenvalue weighted by molar-refractivity contribution is -0.438. The van der Waals surface area contributed by atoms with Crippen LogP contribution >= 0.6 is 0 Å². The molecule has 0 spiro atoms. The minimum Gasteiger partial charge on any atom is -0.481 e. The molecule has 16 heteroatoms. The molecule has 2 aromatic rings. The largest absolute Gasteiger partial charge is 0.481 e. The molecule has 67 heavy (non-hydrogen) atoms. The van der Waals surface area contributed by atoms with Gasteiger partial charge in [0, 0.05) is 53.9 Å². The average molecular weight is 978 g/mol. The van der Waals surface area contributed by atoms with E-state index < -0.39 is 48.0 Å². The first-order chi connectivity index (χ1) is 31.8. The van der Waals surface area contributed by atoms with E-state index in [4.69, 9.17) is 17.7 Å². The Morgan fingerprint density at radius 3 is 2.15 bits per heavy atom. The Kier molecular flexibility index (Phi) is 20.9. The molecule has 13 nitrogen and oxygen atoms in total. The smallest absolute Gasteiger partial charge is 0.425 e. The number of nitrogens with zero attached hydrogens (tertiary/aromatic N) is 2. The Bertz CT molecular complexity index is 2690. The summed E-state index contributed by atoms with van der Waals surface area (Å²) in [4.78, 5) is 13.0. The van der Waals surface area contributed by atoms with E-state index in [1.54, 1.807) is 6.07 Å². The van der Waals surface area contributed by atoms with E-state index in [1.165, 1.54) is 41.1 Å². The highest BCUT2D eigenvalue weighted by molar-refractivity contribution is 7.86. The number of benzene rings is 2. The van der Waals surface area contributed by atoms with Gasteiger partial charge in [-0.2, -0.15) is 21.4 Å². The van der Waals surface area contributed by atoms with Crippen LogP contribution in [0.25, 0.3) is 0 Å². The number of anilines is 1. The Morgan fingerprint density at radius 2 is 1.43 bits per heavy atom. The molecule has 0 amide bonds. The first-order valence-electron chi connectivity index (χ1n) is 22.8. The van der Waals surface area contributed by atoms with E-state index in [0.29, 0.717) is 44.2 Å². The molecular formula is C51H65N2O11S3+. The van der Waals surface area contributed by atoms with Crippen LogP contribution < -0.4 is 4.90 Å². The van der Waals surface area contributed by atoms with Crippen LogP contribution in [0.1, 0.15) is 115 Å². The second-order valence-electron chi connectivity index (χ2n) is 17.3. The minimum atomic E-state index is -4.52. The predicted molar refractivity (Wildman–Crippen MR) is 265 cm³/mol. The molecular weight excluding hydrogens is 913 g/mol. The molecule has 5 rings (SSSR count). The molecule has 2 aliphatic heterocycles. The summed E-state index contributed by atoms with van der Waals surface area (Å²) < 4.78 is 94.9. The maximum Gasteiger partial charge on any atom is 0.425 e. The van der Waals surface area contributed by atoms with Crippen molar-refractivity contribution in [1.82, 2.24) is 0 Å². The summed E-state index contributed by atoms with van der Waals surface area (Å²) in [6.07, 6.45) is 38.4. The number of rotatable bonds is 24. The van der Waals surface area contributed by atoms with Crippen molar-refractivity contribution in [2.45, 2.75) is 120 Å². The first kappa shape index (κ1) is 54.3. The van der Waals surface area contributed by atoms with Crippen molar-refractivity contribution in [2.24, 2.45) is 0 Å². The molecule has 3 N–H and O–H groups in total. The van der Waals surface area contributed by atoms with Crippen molar-refractivity contribution in [3.05, 3.63) is 150 Å². The molecule has 0 aromatic heterocycles. The van der Waals surface area contributed by atoms with Gasteiger partial charge in [-0.15, -0.1) is 12.6 Å². The molecule has 3 aliphatic rings. The van der Waals surface area contributed by atoms with Crippen LogP contribution in [0, 0.1) is 0 Å². The molecule has 2 unspecified atom stereocenters. The quantitative estimate of drug-likeness (QED) is 0.0389. The average Bonchev–Trinajstić information content (AvgIpc) is 3.61. The summed E-state index contributed by atoms with van der Waals surface area (Å²) in [5.41, 5.74) is 6.62. The zero-order valence-electron chi connectivity index (χ0n) is 38.7. The van der Waals surface area contributed by atoms with Gasteiger partial charge in [-0.05, 0) is 87.8 Å². The van der Waals surface area contributed by atoms with Gasteiger partial charge in [-0.1, -0.05) is 130 Å².